The number of ether oxygens (including phenoxy) is 2. The Bertz CT molecular complexity index is 979. The maximum Gasteiger partial charge on any atom is 0.410 e. The minimum atomic E-state index is -0.525. The molecule has 2 fully saturated rings. The number of hydrogen-bond donors (Lipinski definition) is 1. The SMILES string of the molecule is CC(C)(C)OC(=O)N1CCN(C(c2ccccc2)C(NC(=O)OC2CCCC2)c2ccccc2)CC1. The largest absolute Gasteiger partial charge is 0.446 e. The Morgan fingerprint density at radius 2 is 1.42 bits per heavy atom. The lowest BCUT2D eigenvalue weighted by Crippen LogP contribution is -2.53. The van der Waals surface area contributed by atoms with E-state index in [2.05, 4.69) is 22.3 Å². The Labute approximate surface area is 214 Å². The van der Waals surface area contributed by atoms with Crippen LogP contribution >= 0.6 is 0 Å². The van der Waals surface area contributed by atoms with E-state index in [0.717, 1.165) is 36.8 Å². The van der Waals surface area contributed by atoms with Crippen molar-refractivity contribution in [3.05, 3.63) is 71.8 Å². The Hall–Kier alpha value is -3.06. The number of rotatable bonds is 6. The quantitative estimate of drug-likeness (QED) is 0.560. The van der Waals surface area contributed by atoms with Crippen LogP contribution in [0.25, 0.3) is 0 Å². The minimum Gasteiger partial charge on any atom is -0.446 e. The molecule has 0 bridgehead atoms. The van der Waals surface area contributed by atoms with Crippen molar-refractivity contribution in [3.8, 4) is 0 Å². The summed E-state index contributed by atoms with van der Waals surface area (Å²) in [6, 6.07) is 19.9. The summed E-state index contributed by atoms with van der Waals surface area (Å²) < 4.78 is 11.4. The van der Waals surface area contributed by atoms with Gasteiger partial charge < -0.3 is 19.7 Å². The zero-order valence-corrected chi connectivity index (χ0v) is 21.7. The molecule has 36 heavy (non-hydrogen) atoms. The van der Waals surface area contributed by atoms with E-state index in [1.165, 1.54) is 0 Å². The maximum atomic E-state index is 13.1. The van der Waals surface area contributed by atoms with Gasteiger partial charge in [-0.05, 0) is 57.6 Å². The average Bonchev–Trinajstić information content (AvgIpc) is 3.37. The highest BCUT2D eigenvalue weighted by Gasteiger charge is 2.36. The summed E-state index contributed by atoms with van der Waals surface area (Å²) in [7, 11) is 0. The molecule has 0 aromatic heterocycles. The molecule has 2 atom stereocenters. The van der Waals surface area contributed by atoms with Gasteiger partial charge in [-0.2, -0.15) is 0 Å². The van der Waals surface area contributed by atoms with Gasteiger partial charge in [-0.25, -0.2) is 9.59 Å². The normalized spacial score (nSPS) is 18.9. The van der Waals surface area contributed by atoms with E-state index in [4.69, 9.17) is 9.47 Å². The maximum absolute atomic E-state index is 13.1. The first-order valence-corrected chi connectivity index (χ1v) is 13.1. The predicted molar refractivity (Wildman–Crippen MR) is 140 cm³/mol. The number of piperazine rings is 1. The van der Waals surface area contributed by atoms with Gasteiger partial charge in [-0.15, -0.1) is 0 Å². The molecule has 0 radical (unpaired) electrons. The molecule has 2 amide bonds. The first-order valence-electron chi connectivity index (χ1n) is 13.1. The zero-order chi connectivity index (χ0) is 25.5. The molecular weight excluding hydrogens is 454 g/mol. The van der Waals surface area contributed by atoms with Crippen LogP contribution in [-0.4, -0.2) is 59.9 Å². The van der Waals surface area contributed by atoms with Crippen molar-refractivity contribution < 1.29 is 19.1 Å². The van der Waals surface area contributed by atoms with Crippen molar-refractivity contribution in [1.82, 2.24) is 15.1 Å². The van der Waals surface area contributed by atoms with Crippen LogP contribution in [0.3, 0.4) is 0 Å². The second-order valence-corrected chi connectivity index (χ2v) is 10.7. The highest BCUT2D eigenvalue weighted by molar-refractivity contribution is 5.69. The number of amides is 2. The Morgan fingerprint density at radius 3 is 1.97 bits per heavy atom. The second-order valence-electron chi connectivity index (χ2n) is 10.7. The van der Waals surface area contributed by atoms with E-state index < -0.39 is 5.60 Å². The third-order valence-electron chi connectivity index (χ3n) is 6.82. The molecule has 7 nitrogen and oxygen atoms in total. The summed E-state index contributed by atoms with van der Waals surface area (Å²) in [5.41, 5.74) is 1.60. The van der Waals surface area contributed by atoms with Crippen LogP contribution in [0, 0.1) is 0 Å². The molecule has 1 aliphatic heterocycles. The summed E-state index contributed by atoms with van der Waals surface area (Å²) >= 11 is 0. The average molecular weight is 494 g/mol. The standard InChI is InChI=1S/C29H39N3O4/c1-29(2,3)36-28(34)32-20-18-31(19-21-32)26(23-14-8-5-9-15-23)25(22-12-6-4-7-13-22)30-27(33)35-24-16-10-11-17-24/h4-9,12-15,24-26H,10-11,16-21H2,1-3H3,(H,30,33). The molecular formula is C29H39N3O4. The van der Waals surface area contributed by atoms with Crippen LogP contribution in [0.2, 0.25) is 0 Å². The van der Waals surface area contributed by atoms with Crippen molar-refractivity contribution >= 4 is 12.2 Å². The van der Waals surface area contributed by atoms with Crippen LogP contribution in [0.1, 0.15) is 69.7 Å². The topological polar surface area (TPSA) is 71.1 Å². The van der Waals surface area contributed by atoms with Gasteiger partial charge in [0.25, 0.3) is 0 Å². The molecule has 1 aliphatic carbocycles. The molecule has 2 aliphatic rings. The summed E-state index contributed by atoms with van der Waals surface area (Å²) in [6.45, 7) is 8.11. The number of nitrogens with zero attached hydrogens (tertiary/aromatic N) is 2. The number of nitrogens with one attached hydrogen (secondary N) is 1. The lowest BCUT2D eigenvalue weighted by Gasteiger charge is -2.42. The monoisotopic (exact) mass is 493 g/mol. The third kappa shape index (κ3) is 7.00. The third-order valence-corrected chi connectivity index (χ3v) is 6.82. The van der Waals surface area contributed by atoms with Gasteiger partial charge in [0.2, 0.25) is 0 Å². The molecule has 4 rings (SSSR count). The Kier molecular flexibility index (Phi) is 8.52. The van der Waals surface area contributed by atoms with Crippen molar-refractivity contribution in [3.63, 3.8) is 0 Å². The van der Waals surface area contributed by atoms with Gasteiger partial charge in [-0.1, -0.05) is 60.7 Å². The van der Waals surface area contributed by atoms with Crippen LogP contribution < -0.4 is 5.32 Å². The van der Waals surface area contributed by atoms with Gasteiger partial charge in [0.05, 0.1) is 12.1 Å². The number of carbonyl (C=O) groups excluding carboxylic acids is 2. The highest BCUT2D eigenvalue weighted by Crippen LogP contribution is 2.35. The number of alkyl carbamates (subject to hydrolysis) is 1. The summed E-state index contributed by atoms with van der Waals surface area (Å²) in [5.74, 6) is 0. The fraction of sp³-hybridized carbons (Fsp3) is 0.517. The van der Waals surface area contributed by atoms with Gasteiger partial charge >= 0.3 is 12.2 Å². The molecule has 194 valence electrons. The van der Waals surface area contributed by atoms with Gasteiger partial charge in [0.1, 0.15) is 11.7 Å². The molecule has 2 unspecified atom stereocenters. The van der Waals surface area contributed by atoms with Gasteiger partial charge in [0.15, 0.2) is 0 Å². The van der Waals surface area contributed by atoms with Crippen molar-refractivity contribution in [1.29, 1.82) is 0 Å². The second kappa shape index (κ2) is 11.8. The summed E-state index contributed by atoms with van der Waals surface area (Å²) in [5, 5.41) is 3.21. The van der Waals surface area contributed by atoms with Gasteiger partial charge in [-0.3, -0.25) is 4.90 Å². The molecule has 1 saturated heterocycles. The number of carbonyl (C=O) groups is 2. The molecule has 1 saturated carbocycles. The molecule has 1 heterocycles. The fourth-order valence-electron chi connectivity index (χ4n) is 5.10. The molecule has 7 heteroatoms. The fourth-order valence-corrected chi connectivity index (χ4v) is 5.10. The van der Waals surface area contributed by atoms with E-state index in [1.54, 1.807) is 4.90 Å². The van der Waals surface area contributed by atoms with Crippen LogP contribution in [-0.2, 0) is 9.47 Å². The molecule has 2 aromatic carbocycles. The molecule has 1 N–H and O–H groups in total. The van der Waals surface area contributed by atoms with E-state index in [0.29, 0.717) is 26.2 Å². The van der Waals surface area contributed by atoms with Crippen LogP contribution in [0.5, 0.6) is 0 Å². The van der Waals surface area contributed by atoms with E-state index >= 15 is 0 Å². The lowest BCUT2D eigenvalue weighted by molar-refractivity contribution is 0.00765. The van der Waals surface area contributed by atoms with Gasteiger partial charge in [0, 0.05) is 26.2 Å². The highest BCUT2D eigenvalue weighted by atomic mass is 16.6. The van der Waals surface area contributed by atoms with Crippen molar-refractivity contribution in [2.24, 2.45) is 0 Å². The van der Waals surface area contributed by atoms with E-state index in [-0.39, 0.29) is 30.4 Å². The van der Waals surface area contributed by atoms with Crippen LogP contribution in [0.15, 0.2) is 60.7 Å². The van der Waals surface area contributed by atoms with E-state index in [1.807, 2.05) is 69.3 Å². The van der Waals surface area contributed by atoms with Crippen LogP contribution in [0.4, 0.5) is 9.59 Å². The first kappa shape index (κ1) is 26.0. The first-order chi connectivity index (χ1) is 17.3. The Morgan fingerprint density at radius 1 is 0.861 bits per heavy atom. The number of benzene rings is 2. The molecule has 2 aromatic rings. The minimum absolute atomic E-state index is 0.00558. The number of hydrogen-bond acceptors (Lipinski definition) is 5. The van der Waals surface area contributed by atoms with Crippen molar-refractivity contribution in [2.75, 3.05) is 26.2 Å². The summed E-state index contributed by atoms with van der Waals surface area (Å²) in [4.78, 5) is 29.8. The molecule has 0 spiro atoms. The Balaban J connectivity index is 1.56. The zero-order valence-electron chi connectivity index (χ0n) is 21.7. The van der Waals surface area contributed by atoms with E-state index in [9.17, 15) is 9.59 Å². The smallest absolute Gasteiger partial charge is 0.410 e. The predicted octanol–water partition coefficient (Wildman–Crippen LogP) is 5.69. The summed E-state index contributed by atoms with van der Waals surface area (Å²) in [6.07, 6.45) is 3.41. The van der Waals surface area contributed by atoms with Crippen molar-refractivity contribution in [2.45, 2.75) is 70.2 Å². The lowest BCUT2D eigenvalue weighted by atomic mass is 9.91.